The zero-order valence-corrected chi connectivity index (χ0v) is 19.7. The van der Waals surface area contributed by atoms with E-state index in [-0.39, 0.29) is 32.7 Å². The van der Waals surface area contributed by atoms with Gasteiger partial charge in [0.05, 0.1) is 11.6 Å². The summed E-state index contributed by atoms with van der Waals surface area (Å²) >= 11 is 0. The van der Waals surface area contributed by atoms with E-state index in [1.807, 2.05) is 0 Å². The standard InChI is InChI=1S/C21H14F6N6.Pt/c1-19(2,15-5-3-7-17(30-15)32-11-13(9-28-32)20(22,23)24)16-6-4-8-18(31-16)33-12-14(10-29-33)21(25,26)27;/h3-10H,1-2H3;/q-2;+2. The van der Waals surface area contributed by atoms with Crippen molar-refractivity contribution in [3.63, 3.8) is 0 Å². The van der Waals surface area contributed by atoms with Crippen molar-refractivity contribution in [1.29, 1.82) is 0 Å². The van der Waals surface area contributed by atoms with Gasteiger partial charge in [0.25, 0.3) is 0 Å². The van der Waals surface area contributed by atoms with E-state index in [0.717, 1.165) is 9.36 Å². The van der Waals surface area contributed by atoms with Crippen LogP contribution < -0.4 is 0 Å². The van der Waals surface area contributed by atoms with Crippen LogP contribution in [0.1, 0.15) is 36.4 Å². The first kappa shape index (κ1) is 25.6. The van der Waals surface area contributed by atoms with Crippen molar-refractivity contribution in [2.24, 2.45) is 0 Å². The summed E-state index contributed by atoms with van der Waals surface area (Å²) in [6.45, 7) is 3.54. The number of alkyl halides is 6. The van der Waals surface area contributed by atoms with Gasteiger partial charge < -0.3 is 9.36 Å². The van der Waals surface area contributed by atoms with Crippen molar-refractivity contribution < 1.29 is 47.4 Å². The molecule has 0 atom stereocenters. The average molecular weight is 659 g/mol. The summed E-state index contributed by atoms with van der Waals surface area (Å²) in [5.41, 5.74) is -2.04. The van der Waals surface area contributed by atoms with Crippen LogP contribution in [-0.2, 0) is 38.8 Å². The predicted molar refractivity (Wildman–Crippen MR) is 103 cm³/mol. The van der Waals surface area contributed by atoms with Gasteiger partial charge in [-0.2, -0.15) is 26.3 Å². The zero-order chi connectivity index (χ0) is 24.0. The smallest absolute Gasteiger partial charge is 0.343 e. The van der Waals surface area contributed by atoms with E-state index in [4.69, 9.17) is 0 Å². The van der Waals surface area contributed by atoms with Crippen LogP contribution in [0, 0.1) is 12.4 Å². The van der Waals surface area contributed by atoms with Crippen molar-refractivity contribution in [3.8, 4) is 11.6 Å². The predicted octanol–water partition coefficient (Wildman–Crippen LogP) is 4.81. The quantitative estimate of drug-likeness (QED) is 0.233. The summed E-state index contributed by atoms with van der Waals surface area (Å²) in [7, 11) is 0. The molecule has 0 aliphatic carbocycles. The Labute approximate surface area is 203 Å². The monoisotopic (exact) mass is 659 g/mol. The number of hydrogen-bond donors (Lipinski definition) is 0. The summed E-state index contributed by atoms with van der Waals surface area (Å²) in [5.74, 6) is 0.227. The molecule has 0 spiro atoms. The van der Waals surface area contributed by atoms with Crippen LogP contribution in [0.4, 0.5) is 26.3 Å². The number of pyridine rings is 2. The third-order valence-corrected chi connectivity index (χ3v) is 4.85. The summed E-state index contributed by atoms with van der Waals surface area (Å²) in [5, 5.41) is 7.36. The van der Waals surface area contributed by atoms with Gasteiger partial charge in [-0.1, -0.05) is 36.7 Å². The van der Waals surface area contributed by atoms with E-state index in [1.54, 1.807) is 38.1 Å². The van der Waals surface area contributed by atoms with E-state index in [2.05, 4.69) is 32.6 Å². The molecule has 4 aromatic rings. The molecule has 6 nitrogen and oxygen atoms in total. The number of hydrogen-bond acceptors (Lipinski definition) is 4. The van der Waals surface area contributed by atoms with Crippen molar-refractivity contribution in [1.82, 2.24) is 29.5 Å². The minimum absolute atomic E-state index is 0. The normalized spacial score (nSPS) is 12.5. The molecule has 13 heteroatoms. The first-order chi connectivity index (χ1) is 15.4. The third kappa shape index (κ3) is 5.06. The summed E-state index contributed by atoms with van der Waals surface area (Å²) in [4.78, 5) is 8.82. The molecule has 0 aliphatic rings. The summed E-state index contributed by atoms with van der Waals surface area (Å²) < 4.78 is 79.0. The van der Waals surface area contributed by atoms with Crippen LogP contribution in [0.5, 0.6) is 0 Å². The van der Waals surface area contributed by atoms with Crippen molar-refractivity contribution in [2.45, 2.75) is 31.6 Å². The topological polar surface area (TPSA) is 61.4 Å². The average Bonchev–Trinajstić information content (AvgIpc) is 3.44. The van der Waals surface area contributed by atoms with Crippen LogP contribution in [0.3, 0.4) is 0 Å². The molecule has 4 aromatic heterocycles. The van der Waals surface area contributed by atoms with Crippen molar-refractivity contribution in [3.05, 3.63) is 83.7 Å². The fourth-order valence-corrected chi connectivity index (χ4v) is 2.99. The van der Waals surface area contributed by atoms with Crippen LogP contribution in [0.2, 0.25) is 0 Å². The first-order valence-electron chi connectivity index (χ1n) is 9.40. The van der Waals surface area contributed by atoms with Crippen LogP contribution in [0.15, 0.2) is 48.8 Å². The molecular weight excluding hydrogens is 645 g/mol. The number of halogens is 6. The van der Waals surface area contributed by atoms with Gasteiger partial charge in [0.2, 0.25) is 0 Å². The zero-order valence-electron chi connectivity index (χ0n) is 17.4. The van der Waals surface area contributed by atoms with Gasteiger partial charge in [-0.3, -0.25) is 20.2 Å². The molecule has 0 saturated heterocycles. The number of rotatable bonds is 4. The molecule has 4 rings (SSSR count). The SMILES string of the molecule is CC(C)(c1cccc(-n2[c-]c(C(F)(F)F)cn2)n1)c1cccc(-n2[c-]c(C(F)(F)F)cn2)n1.[Pt+2]. The van der Waals surface area contributed by atoms with Gasteiger partial charge in [0, 0.05) is 16.8 Å². The summed E-state index contributed by atoms with van der Waals surface area (Å²) in [6.07, 6.45) is -3.61. The molecule has 0 aromatic carbocycles. The molecule has 0 saturated carbocycles. The van der Waals surface area contributed by atoms with Gasteiger partial charge in [0.1, 0.15) is 0 Å². The molecule has 0 N–H and O–H groups in total. The Balaban J connectivity index is 0.00000324. The largest absolute Gasteiger partial charge is 2.00 e. The molecule has 0 bridgehead atoms. The fraction of sp³-hybridized carbons (Fsp3) is 0.238. The van der Waals surface area contributed by atoms with E-state index >= 15 is 0 Å². The van der Waals surface area contributed by atoms with E-state index in [9.17, 15) is 26.3 Å². The maximum Gasteiger partial charge on any atom is 2.00 e. The minimum Gasteiger partial charge on any atom is -0.343 e. The van der Waals surface area contributed by atoms with Gasteiger partial charge >= 0.3 is 33.4 Å². The van der Waals surface area contributed by atoms with Crippen molar-refractivity contribution in [2.75, 3.05) is 0 Å². The Morgan fingerprint density at radius 3 is 1.38 bits per heavy atom. The Hall–Kier alpha value is -3.01. The summed E-state index contributed by atoms with van der Waals surface area (Å²) in [6, 6.07) is 9.47. The second-order valence-electron chi connectivity index (χ2n) is 7.55. The molecule has 180 valence electrons. The van der Waals surface area contributed by atoms with Crippen LogP contribution in [-0.4, -0.2) is 29.5 Å². The van der Waals surface area contributed by atoms with Crippen LogP contribution >= 0.6 is 0 Å². The van der Waals surface area contributed by atoms with Gasteiger partial charge in [-0.25, -0.2) is 0 Å². The molecule has 34 heavy (non-hydrogen) atoms. The fourth-order valence-electron chi connectivity index (χ4n) is 2.99. The first-order valence-corrected chi connectivity index (χ1v) is 9.40. The van der Waals surface area contributed by atoms with Crippen molar-refractivity contribution >= 4 is 0 Å². The minimum atomic E-state index is -4.59. The van der Waals surface area contributed by atoms with E-state index < -0.39 is 28.9 Å². The Morgan fingerprint density at radius 1 is 0.676 bits per heavy atom. The molecular formula is C21H14F6N6Pt. The second kappa shape index (κ2) is 8.98. The molecule has 0 radical (unpaired) electrons. The Kier molecular flexibility index (Phi) is 6.76. The maximum absolute atomic E-state index is 12.9. The Bertz CT molecular complexity index is 1190. The molecule has 4 heterocycles. The molecule has 0 fully saturated rings. The van der Waals surface area contributed by atoms with Crippen LogP contribution in [0.25, 0.3) is 11.6 Å². The third-order valence-electron chi connectivity index (χ3n) is 4.85. The Morgan fingerprint density at radius 2 is 1.06 bits per heavy atom. The molecule has 0 aliphatic heterocycles. The van der Waals surface area contributed by atoms with Gasteiger partial charge in [-0.15, -0.1) is 0 Å². The number of nitrogens with zero attached hydrogens (tertiary/aromatic N) is 6. The van der Waals surface area contributed by atoms with Gasteiger partial charge in [-0.05, 0) is 49.5 Å². The maximum atomic E-state index is 12.9. The second-order valence-corrected chi connectivity index (χ2v) is 7.55. The van der Waals surface area contributed by atoms with E-state index in [0.29, 0.717) is 23.8 Å². The number of aromatic nitrogens is 6. The molecule has 0 unspecified atom stereocenters. The van der Waals surface area contributed by atoms with E-state index in [1.165, 1.54) is 12.1 Å². The molecule has 0 amide bonds. The van der Waals surface area contributed by atoms with Gasteiger partial charge in [0.15, 0.2) is 0 Å².